The van der Waals surface area contributed by atoms with Crippen molar-refractivity contribution in [3.63, 3.8) is 0 Å². The molecule has 2 rings (SSSR count). The monoisotopic (exact) mass is 348 g/mol. The van der Waals surface area contributed by atoms with Gasteiger partial charge in [-0.3, -0.25) is 4.79 Å². The highest BCUT2D eigenvalue weighted by atomic mass is 35.5. The van der Waals surface area contributed by atoms with Gasteiger partial charge in [-0.2, -0.15) is 0 Å². The number of anilines is 1. The van der Waals surface area contributed by atoms with Crippen LogP contribution in [0.5, 0.6) is 0 Å². The molecule has 0 atom stereocenters. The number of hydrogen-bond acceptors (Lipinski definition) is 2. The molecule has 0 aliphatic rings. The van der Waals surface area contributed by atoms with Crippen LogP contribution in [0.25, 0.3) is 0 Å². The highest BCUT2D eigenvalue weighted by Crippen LogP contribution is 2.32. The molecule has 0 saturated carbocycles. The van der Waals surface area contributed by atoms with Crippen LogP contribution in [0.15, 0.2) is 24.4 Å². The predicted molar refractivity (Wildman–Crippen MR) is 83.4 cm³/mol. The number of benzene rings is 1. The van der Waals surface area contributed by atoms with Gasteiger partial charge in [-0.15, -0.1) is 0 Å². The van der Waals surface area contributed by atoms with Crippen molar-refractivity contribution in [2.45, 2.75) is 6.92 Å². The summed E-state index contributed by atoms with van der Waals surface area (Å²) in [5, 5.41) is 3.32. The summed E-state index contributed by atoms with van der Waals surface area (Å²) < 4.78 is 0. The molecule has 0 aliphatic carbocycles. The van der Waals surface area contributed by atoms with Crippen molar-refractivity contribution in [3.8, 4) is 0 Å². The number of nitrogens with zero attached hydrogens (tertiary/aromatic N) is 1. The summed E-state index contributed by atoms with van der Waals surface area (Å²) in [6.45, 7) is 1.90. The highest BCUT2D eigenvalue weighted by Gasteiger charge is 2.17. The van der Waals surface area contributed by atoms with E-state index in [1.807, 2.05) is 13.0 Å². The van der Waals surface area contributed by atoms with Gasteiger partial charge in [0.2, 0.25) is 0 Å². The maximum absolute atomic E-state index is 12.1. The Labute approximate surface area is 135 Å². The van der Waals surface area contributed by atoms with E-state index in [4.69, 9.17) is 46.4 Å². The fourth-order valence-corrected chi connectivity index (χ4v) is 2.35. The van der Waals surface area contributed by atoms with E-state index in [0.29, 0.717) is 10.7 Å². The summed E-state index contributed by atoms with van der Waals surface area (Å²) in [4.78, 5) is 16.0. The molecule has 104 valence electrons. The maximum atomic E-state index is 12.1. The molecular weight excluding hydrogens is 342 g/mol. The summed E-state index contributed by atoms with van der Waals surface area (Å²) in [7, 11) is 0. The van der Waals surface area contributed by atoms with Crippen molar-refractivity contribution in [1.29, 1.82) is 0 Å². The Morgan fingerprint density at radius 3 is 2.45 bits per heavy atom. The molecular formula is C13H8Cl4N2O. The molecule has 0 spiro atoms. The Kier molecular flexibility index (Phi) is 4.76. The second kappa shape index (κ2) is 6.19. The molecule has 1 aromatic heterocycles. The second-order valence-corrected chi connectivity index (χ2v) is 5.59. The number of pyridine rings is 1. The van der Waals surface area contributed by atoms with Gasteiger partial charge in [0, 0.05) is 6.20 Å². The van der Waals surface area contributed by atoms with Crippen LogP contribution >= 0.6 is 46.4 Å². The SMILES string of the molecule is Cc1ccc(NC(=O)c2ncc(Cl)c(Cl)c2Cl)c(Cl)c1. The van der Waals surface area contributed by atoms with Gasteiger partial charge in [0.1, 0.15) is 5.69 Å². The minimum absolute atomic E-state index is 0.0000919. The normalized spacial score (nSPS) is 10.4. The van der Waals surface area contributed by atoms with E-state index in [2.05, 4.69) is 10.3 Å². The predicted octanol–water partition coefficient (Wildman–Crippen LogP) is 5.26. The lowest BCUT2D eigenvalue weighted by atomic mass is 10.2. The Bertz CT molecular complexity index is 688. The lowest BCUT2D eigenvalue weighted by Crippen LogP contribution is -2.14. The third-order valence-corrected chi connectivity index (χ3v) is 4.06. The summed E-state index contributed by atoms with van der Waals surface area (Å²) in [6, 6.07) is 5.26. The van der Waals surface area contributed by atoms with E-state index >= 15 is 0 Å². The molecule has 0 saturated heterocycles. The zero-order chi connectivity index (χ0) is 14.9. The van der Waals surface area contributed by atoms with Crippen molar-refractivity contribution < 1.29 is 4.79 Å². The van der Waals surface area contributed by atoms with E-state index in [1.54, 1.807) is 12.1 Å². The molecule has 0 radical (unpaired) electrons. The van der Waals surface area contributed by atoms with Crippen LogP contribution in [0, 0.1) is 6.92 Å². The number of nitrogens with one attached hydrogen (secondary N) is 1. The van der Waals surface area contributed by atoms with Crippen molar-refractivity contribution in [3.05, 3.63) is 55.7 Å². The first kappa shape index (κ1) is 15.4. The molecule has 0 aliphatic heterocycles. The van der Waals surface area contributed by atoms with Gasteiger partial charge in [-0.05, 0) is 24.6 Å². The first-order valence-electron chi connectivity index (χ1n) is 5.47. The Balaban J connectivity index is 2.31. The molecule has 0 unspecified atom stereocenters. The Hall–Kier alpha value is -1.000. The number of aryl methyl sites for hydroxylation is 1. The number of carbonyl (C=O) groups is 1. The molecule has 0 fully saturated rings. The second-order valence-electron chi connectivity index (χ2n) is 4.02. The van der Waals surface area contributed by atoms with Gasteiger partial charge in [-0.1, -0.05) is 52.5 Å². The van der Waals surface area contributed by atoms with Gasteiger partial charge >= 0.3 is 0 Å². The average molecular weight is 350 g/mol. The van der Waals surface area contributed by atoms with E-state index < -0.39 is 5.91 Å². The lowest BCUT2D eigenvalue weighted by molar-refractivity contribution is 0.102. The molecule has 3 nitrogen and oxygen atoms in total. The summed E-state index contributed by atoms with van der Waals surface area (Å²) in [6.07, 6.45) is 1.27. The number of aromatic nitrogens is 1. The van der Waals surface area contributed by atoms with Gasteiger partial charge < -0.3 is 5.32 Å². The van der Waals surface area contributed by atoms with Crippen LogP contribution in [0.3, 0.4) is 0 Å². The standard InChI is InChI=1S/C13H8Cl4N2O/c1-6-2-3-9(7(14)4-6)19-13(20)12-11(17)10(16)8(15)5-18-12/h2-5H,1H3,(H,19,20). The fourth-order valence-electron chi connectivity index (χ4n) is 1.50. The quantitative estimate of drug-likeness (QED) is 0.803. The molecule has 1 aromatic carbocycles. The van der Waals surface area contributed by atoms with E-state index in [0.717, 1.165) is 5.56 Å². The van der Waals surface area contributed by atoms with Crippen molar-refractivity contribution in [2.75, 3.05) is 5.32 Å². The summed E-state index contributed by atoms with van der Waals surface area (Å²) in [5.74, 6) is -0.515. The number of halogens is 4. The van der Waals surface area contributed by atoms with Gasteiger partial charge in [0.25, 0.3) is 5.91 Å². The summed E-state index contributed by atoms with van der Waals surface area (Å²) >= 11 is 23.6. The Morgan fingerprint density at radius 2 is 1.80 bits per heavy atom. The zero-order valence-electron chi connectivity index (χ0n) is 10.2. The van der Waals surface area contributed by atoms with Crippen molar-refractivity contribution in [2.24, 2.45) is 0 Å². The van der Waals surface area contributed by atoms with Gasteiger partial charge in [0.15, 0.2) is 0 Å². The lowest BCUT2D eigenvalue weighted by Gasteiger charge is -2.09. The average Bonchev–Trinajstić information content (AvgIpc) is 2.39. The van der Waals surface area contributed by atoms with Crippen LogP contribution < -0.4 is 5.32 Å². The smallest absolute Gasteiger partial charge is 0.275 e. The molecule has 1 heterocycles. The molecule has 20 heavy (non-hydrogen) atoms. The van der Waals surface area contributed by atoms with Crippen molar-refractivity contribution in [1.82, 2.24) is 4.98 Å². The number of amides is 1. The molecule has 7 heteroatoms. The number of hydrogen-bond donors (Lipinski definition) is 1. The zero-order valence-corrected chi connectivity index (χ0v) is 13.2. The summed E-state index contributed by atoms with van der Waals surface area (Å²) in [5.41, 5.74) is 1.43. The van der Waals surface area contributed by atoms with Crippen LogP contribution in [0.1, 0.15) is 16.1 Å². The van der Waals surface area contributed by atoms with Crippen LogP contribution in [0.4, 0.5) is 5.69 Å². The third-order valence-electron chi connectivity index (χ3n) is 2.51. The number of carbonyl (C=O) groups excluding carboxylic acids is 1. The van der Waals surface area contributed by atoms with Crippen LogP contribution in [0.2, 0.25) is 20.1 Å². The molecule has 1 amide bonds. The first-order valence-corrected chi connectivity index (χ1v) is 6.98. The van der Waals surface area contributed by atoms with Gasteiger partial charge in [0.05, 0.1) is 25.8 Å². The molecule has 2 aromatic rings. The highest BCUT2D eigenvalue weighted by molar-refractivity contribution is 6.49. The van der Waals surface area contributed by atoms with Crippen molar-refractivity contribution >= 4 is 58.0 Å². The fraction of sp³-hybridized carbons (Fsp3) is 0.0769. The molecule has 1 N–H and O–H groups in total. The maximum Gasteiger partial charge on any atom is 0.275 e. The number of rotatable bonds is 2. The Morgan fingerprint density at radius 1 is 1.10 bits per heavy atom. The minimum Gasteiger partial charge on any atom is -0.319 e. The van der Waals surface area contributed by atoms with Crippen LogP contribution in [-0.4, -0.2) is 10.9 Å². The first-order chi connectivity index (χ1) is 9.40. The van der Waals surface area contributed by atoms with E-state index in [-0.39, 0.29) is 20.8 Å². The van der Waals surface area contributed by atoms with E-state index in [1.165, 1.54) is 6.20 Å². The largest absolute Gasteiger partial charge is 0.319 e. The topological polar surface area (TPSA) is 42.0 Å². The van der Waals surface area contributed by atoms with E-state index in [9.17, 15) is 4.79 Å². The minimum atomic E-state index is -0.515. The third kappa shape index (κ3) is 3.18. The van der Waals surface area contributed by atoms with Crippen LogP contribution in [-0.2, 0) is 0 Å². The van der Waals surface area contributed by atoms with Gasteiger partial charge in [-0.25, -0.2) is 4.98 Å². The molecule has 0 bridgehead atoms.